The molecule has 0 saturated heterocycles. The topological polar surface area (TPSA) is 63.3 Å². The first-order valence-electron chi connectivity index (χ1n) is 5.22. The van der Waals surface area contributed by atoms with Gasteiger partial charge in [-0.25, -0.2) is 0 Å². The molecule has 3 N–H and O–H groups in total. The van der Waals surface area contributed by atoms with Gasteiger partial charge in [0.05, 0.1) is 0 Å². The quantitative estimate of drug-likeness (QED) is 0.488. The lowest BCUT2D eigenvalue weighted by Crippen LogP contribution is -2.30. The van der Waals surface area contributed by atoms with Gasteiger partial charge in [0.1, 0.15) is 6.04 Å². The second-order valence-electron chi connectivity index (χ2n) is 3.70. The summed E-state index contributed by atoms with van der Waals surface area (Å²) in [7, 11) is 0. The van der Waals surface area contributed by atoms with E-state index in [1.165, 1.54) is 19.3 Å². The Kier molecular flexibility index (Phi) is 7.11. The molecule has 1 atom stereocenters. The van der Waals surface area contributed by atoms with E-state index in [9.17, 15) is 4.79 Å². The van der Waals surface area contributed by atoms with Crippen molar-refractivity contribution in [2.24, 2.45) is 5.73 Å². The molecule has 0 saturated carbocycles. The minimum atomic E-state index is -0.925. The van der Waals surface area contributed by atoms with Gasteiger partial charge in [-0.1, -0.05) is 31.4 Å². The Morgan fingerprint density at radius 1 is 1.50 bits per heavy atom. The fourth-order valence-corrected chi connectivity index (χ4v) is 1.26. The molecular formula is C11H21NO2. The van der Waals surface area contributed by atoms with Crippen molar-refractivity contribution in [3.8, 4) is 0 Å². The third kappa shape index (κ3) is 6.66. The number of nitrogens with two attached hydrogens (primary N) is 1. The van der Waals surface area contributed by atoms with Crippen molar-refractivity contribution in [1.29, 1.82) is 0 Å². The Labute approximate surface area is 86.0 Å². The Morgan fingerprint density at radius 3 is 2.64 bits per heavy atom. The van der Waals surface area contributed by atoms with Crippen LogP contribution < -0.4 is 5.73 Å². The average molecular weight is 199 g/mol. The highest BCUT2D eigenvalue weighted by Crippen LogP contribution is 2.07. The molecule has 0 spiro atoms. The number of hydrogen-bond donors (Lipinski definition) is 2. The number of hydrogen-bond acceptors (Lipinski definition) is 2. The van der Waals surface area contributed by atoms with Gasteiger partial charge in [0.2, 0.25) is 0 Å². The highest BCUT2D eigenvalue weighted by Gasteiger charge is 2.10. The van der Waals surface area contributed by atoms with Crippen molar-refractivity contribution in [3.05, 3.63) is 11.6 Å². The monoisotopic (exact) mass is 199 g/mol. The zero-order valence-corrected chi connectivity index (χ0v) is 9.12. The van der Waals surface area contributed by atoms with Crippen molar-refractivity contribution < 1.29 is 9.90 Å². The van der Waals surface area contributed by atoms with E-state index in [0.717, 1.165) is 12.0 Å². The Bertz CT molecular complexity index is 199. The van der Waals surface area contributed by atoms with E-state index in [2.05, 4.69) is 13.0 Å². The van der Waals surface area contributed by atoms with Crippen LogP contribution in [0.15, 0.2) is 11.6 Å². The molecule has 0 rings (SSSR count). The zero-order chi connectivity index (χ0) is 11.0. The highest BCUT2D eigenvalue weighted by molar-refractivity contribution is 5.73. The molecule has 0 aromatic rings. The van der Waals surface area contributed by atoms with Gasteiger partial charge < -0.3 is 10.8 Å². The number of carbonyl (C=O) groups is 1. The molecule has 0 aliphatic carbocycles. The maximum Gasteiger partial charge on any atom is 0.320 e. The number of carboxylic acids is 1. The summed E-state index contributed by atoms with van der Waals surface area (Å²) >= 11 is 0. The summed E-state index contributed by atoms with van der Waals surface area (Å²) in [6, 6.07) is -0.752. The molecule has 0 aliphatic rings. The van der Waals surface area contributed by atoms with Gasteiger partial charge in [0.15, 0.2) is 0 Å². The fraction of sp³-hybridized carbons (Fsp3) is 0.727. The molecule has 3 heteroatoms. The summed E-state index contributed by atoms with van der Waals surface area (Å²) in [6.07, 6.45) is 7.21. The molecule has 0 heterocycles. The Balaban J connectivity index is 3.71. The van der Waals surface area contributed by atoms with Gasteiger partial charge in [-0.05, 0) is 26.2 Å². The van der Waals surface area contributed by atoms with E-state index < -0.39 is 12.0 Å². The second-order valence-corrected chi connectivity index (χ2v) is 3.70. The van der Waals surface area contributed by atoms with Gasteiger partial charge in [0.25, 0.3) is 0 Å². The van der Waals surface area contributed by atoms with Crippen LogP contribution in [-0.2, 0) is 4.79 Å². The van der Waals surface area contributed by atoms with Crippen LogP contribution in [0.4, 0.5) is 0 Å². The minimum Gasteiger partial charge on any atom is -0.480 e. The number of allylic oxidation sites excluding steroid dienone is 1. The smallest absolute Gasteiger partial charge is 0.320 e. The van der Waals surface area contributed by atoms with Gasteiger partial charge in [-0.3, -0.25) is 4.79 Å². The molecular weight excluding hydrogens is 178 g/mol. The molecule has 0 aromatic carbocycles. The van der Waals surface area contributed by atoms with Crippen LogP contribution in [0.25, 0.3) is 0 Å². The van der Waals surface area contributed by atoms with Crippen molar-refractivity contribution in [2.45, 2.75) is 52.0 Å². The molecule has 0 amide bonds. The average Bonchev–Trinajstić information content (AvgIpc) is 2.12. The van der Waals surface area contributed by atoms with Gasteiger partial charge in [-0.2, -0.15) is 0 Å². The maximum absolute atomic E-state index is 10.5. The lowest BCUT2D eigenvalue weighted by molar-refractivity contribution is -0.138. The normalized spacial score (nSPS) is 14.1. The predicted molar refractivity (Wildman–Crippen MR) is 58.1 cm³/mol. The Morgan fingerprint density at radius 2 is 2.14 bits per heavy atom. The highest BCUT2D eigenvalue weighted by atomic mass is 16.4. The first kappa shape index (κ1) is 13.2. The van der Waals surface area contributed by atoms with Gasteiger partial charge >= 0.3 is 5.97 Å². The van der Waals surface area contributed by atoms with Crippen LogP contribution in [0.2, 0.25) is 0 Å². The molecule has 3 nitrogen and oxygen atoms in total. The van der Waals surface area contributed by atoms with Crippen molar-refractivity contribution in [2.75, 3.05) is 0 Å². The van der Waals surface area contributed by atoms with Crippen LogP contribution in [0.1, 0.15) is 46.0 Å². The molecule has 0 aromatic heterocycles. The summed E-state index contributed by atoms with van der Waals surface area (Å²) in [5.74, 6) is -0.925. The summed E-state index contributed by atoms with van der Waals surface area (Å²) in [4.78, 5) is 10.5. The number of carboxylic acid groups (broad SMARTS) is 1. The maximum atomic E-state index is 10.5. The summed E-state index contributed by atoms with van der Waals surface area (Å²) < 4.78 is 0. The molecule has 14 heavy (non-hydrogen) atoms. The molecule has 0 bridgehead atoms. The fourth-order valence-electron chi connectivity index (χ4n) is 1.26. The molecule has 82 valence electrons. The predicted octanol–water partition coefficient (Wildman–Crippen LogP) is 2.31. The lowest BCUT2D eigenvalue weighted by atomic mass is 10.1. The van der Waals surface area contributed by atoms with Gasteiger partial charge in [0, 0.05) is 0 Å². The van der Waals surface area contributed by atoms with Crippen molar-refractivity contribution in [1.82, 2.24) is 0 Å². The lowest BCUT2D eigenvalue weighted by Gasteiger charge is -2.06. The van der Waals surface area contributed by atoms with Crippen LogP contribution in [0.5, 0.6) is 0 Å². The number of aliphatic carboxylic acids is 1. The third-order valence-electron chi connectivity index (χ3n) is 2.16. The largest absolute Gasteiger partial charge is 0.480 e. The second kappa shape index (κ2) is 7.56. The number of rotatable bonds is 7. The molecule has 0 fully saturated rings. The SMILES string of the molecule is CCCCC/C=C(\C)CC(N)C(=O)O. The van der Waals surface area contributed by atoms with E-state index in [0.29, 0.717) is 6.42 Å². The van der Waals surface area contributed by atoms with E-state index in [1.54, 1.807) is 0 Å². The van der Waals surface area contributed by atoms with E-state index >= 15 is 0 Å². The molecule has 1 unspecified atom stereocenters. The van der Waals surface area contributed by atoms with Crippen LogP contribution in [0, 0.1) is 0 Å². The minimum absolute atomic E-state index is 0.460. The van der Waals surface area contributed by atoms with Crippen LogP contribution >= 0.6 is 0 Å². The first-order valence-corrected chi connectivity index (χ1v) is 5.22. The summed E-state index contributed by atoms with van der Waals surface area (Å²) in [6.45, 7) is 4.10. The van der Waals surface area contributed by atoms with Crippen LogP contribution in [-0.4, -0.2) is 17.1 Å². The molecule has 0 aliphatic heterocycles. The third-order valence-corrected chi connectivity index (χ3v) is 2.16. The standard InChI is InChI=1S/C11H21NO2/c1-3-4-5-6-7-9(2)8-10(12)11(13)14/h7,10H,3-6,8,12H2,1-2H3,(H,13,14)/b9-7+. The number of unbranched alkanes of at least 4 members (excludes halogenated alkanes) is 3. The van der Waals surface area contributed by atoms with Crippen molar-refractivity contribution >= 4 is 5.97 Å². The van der Waals surface area contributed by atoms with E-state index in [4.69, 9.17) is 10.8 Å². The first-order chi connectivity index (χ1) is 6.57. The summed E-state index contributed by atoms with van der Waals surface area (Å²) in [5, 5.41) is 8.59. The van der Waals surface area contributed by atoms with E-state index in [-0.39, 0.29) is 0 Å². The summed E-state index contributed by atoms with van der Waals surface area (Å²) in [5.41, 5.74) is 6.49. The van der Waals surface area contributed by atoms with E-state index in [1.807, 2.05) is 6.92 Å². The van der Waals surface area contributed by atoms with Crippen LogP contribution in [0.3, 0.4) is 0 Å². The zero-order valence-electron chi connectivity index (χ0n) is 9.12. The molecule has 0 radical (unpaired) electrons. The van der Waals surface area contributed by atoms with Crippen molar-refractivity contribution in [3.63, 3.8) is 0 Å². The van der Waals surface area contributed by atoms with Gasteiger partial charge in [-0.15, -0.1) is 0 Å². The Hall–Kier alpha value is -0.830.